The van der Waals surface area contributed by atoms with Gasteiger partial charge in [0.15, 0.2) is 0 Å². The van der Waals surface area contributed by atoms with Crippen molar-refractivity contribution in [2.45, 2.75) is 13.8 Å². The lowest BCUT2D eigenvalue weighted by atomic mass is 10.2. The molecule has 0 aliphatic rings. The van der Waals surface area contributed by atoms with Crippen LogP contribution in [0.3, 0.4) is 0 Å². The fourth-order valence-electron chi connectivity index (χ4n) is 1.16. The van der Waals surface area contributed by atoms with Crippen LogP contribution in [0, 0.1) is 0 Å². The normalized spacial score (nSPS) is 13.5. The second-order valence-corrected chi connectivity index (χ2v) is 4.73. The number of benzene rings is 1. The molecule has 0 spiro atoms. The number of allylic oxidation sites excluding steroid dienone is 5. The fraction of sp³-hybridized carbons (Fsp3) is 0.143. The van der Waals surface area contributed by atoms with Gasteiger partial charge in [-0.1, -0.05) is 69.3 Å². The van der Waals surface area contributed by atoms with Crippen molar-refractivity contribution in [2.75, 3.05) is 0 Å². The van der Waals surface area contributed by atoms with Gasteiger partial charge in [0, 0.05) is 0 Å². The van der Waals surface area contributed by atoms with Crippen molar-refractivity contribution >= 4 is 13.9 Å². The van der Waals surface area contributed by atoms with E-state index < -0.39 is 0 Å². The Balaban J connectivity index is 2.79. The van der Waals surface area contributed by atoms with Gasteiger partial charge in [-0.05, 0) is 24.5 Å². The molecule has 1 rings (SSSR count). The van der Waals surface area contributed by atoms with Gasteiger partial charge >= 0.3 is 0 Å². The number of hydrogen-bond donors (Lipinski definition) is 0. The lowest BCUT2D eigenvalue weighted by Crippen LogP contribution is -1.91. The van der Waals surface area contributed by atoms with Crippen LogP contribution < -0.4 is 5.30 Å². The predicted octanol–water partition coefficient (Wildman–Crippen LogP) is 4.03. The fourth-order valence-corrected chi connectivity index (χ4v) is 2.26. The molecule has 0 aliphatic carbocycles. The van der Waals surface area contributed by atoms with E-state index in [1.165, 1.54) is 16.2 Å². The van der Waals surface area contributed by atoms with E-state index in [9.17, 15) is 0 Å². The van der Waals surface area contributed by atoms with E-state index in [2.05, 4.69) is 56.8 Å². The van der Waals surface area contributed by atoms with Crippen LogP contribution in [0.15, 0.2) is 66.0 Å². The maximum Gasteiger partial charge on any atom is -0.0226 e. The summed E-state index contributed by atoms with van der Waals surface area (Å²) in [6, 6.07) is 10.5. The van der Waals surface area contributed by atoms with Crippen LogP contribution in [0.25, 0.3) is 0 Å². The van der Waals surface area contributed by atoms with E-state index in [4.69, 9.17) is 0 Å². The summed E-state index contributed by atoms with van der Waals surface area (Å²) < 4.78 is 0. The summed E-state index contributed by atoms with van der Waals surface area (Å²) in [4.78, 5) is 0. The van der Waals surface area contributed by atoms with Crippen LogP contribution in [0.1, 0.15) is 13.8 Å². The topological polar surface area (TPSA) is 0 Å². The molecule has 0 heterocycles. The zero-order valence-corrected chi connectivity index (χ0v) is 10.3. The van der Waals surface area contributed by atoms with Gasteiger partial charge in [-0.25, -0.2) is 0 Å². The molecule has 15 heavy (non-hydrogen) atoms. The lowest BCUT2D eigenvalue weighted by molar-refractivity contribution is 1.47. The molecule has 1 aromatic rings. The molecule has 0 nitrogen and oxygen atoms in total. The number of hydrogen-bond acceptors (Lipinski definition) is 0. The monoisotopic (exact) mass is 216 g/mol. The van der Waals surface area contributed by atoms with Crippen LogP contribution in [0.4, 0.5) is 0 Å². The van der Waals surface area contributed by atoms with Gasteiger partial charge in [-0.15, -0.1) is 0 Å². The molecule has 78 valence electrons. The quantitative estimate of drug-likeness (QED) is 0.526. The van der Waals surface area contributed by atoms with E-state index in [0.717, 1.165) is 0 Å². The Morgan fingerprint density at radius 1 is 1.27 bits per heavy atom. The minimum absolute atomic E-state index is 0.694. The van der Waals surface area contributed by atoms with E-state index in [1.807, 2.05) is 12.1 Å². The van der Waals surface area contributed by atoms with E-state index in [-0.39, 0.29) is 0 Å². The molecule has 1 atom stereocenters. The highest BCUT2D eigenvalue weighted by Gasteiger charge is 1.95. The Bertz CT molecular complexity index is 372. The molecule has 0 N–H and O–H groups in total. The average molecular weight is 216 g/mol. The first-order chi connectivity index (χ1) is 7.26. The first-order valence-corrected chi connectivity index (χ1v) is 6.05. The van der Waals surface area contributed by atoms with Crippen LogP contribution in [0.2, 0.25) is 0 Å². The van der Waals surface area contributed by atoms with Crippen LogP contribution in [-0.2, 0) is 0 Å². The summed E-state index contributed by atoms with van der Waals surface area (Å²) in [5.74, 6) is 0. The Morgan fingerprint density at radius 2 is 1.93 bits per heavy atom. The first-order valence-electron chi connectivity index (χ1n) is 5.05. The molecule has 1 heteroatoms. The predicted molar refractivity (Wildman–Crippen MR) is 72.1 cm³/mol. The maximum atomic E-state index is 3.86. The van der Waals surface area contributed by atoms with Crippen molar-refractivity contribution in [2.24, 2.45) is 0 Å². The van der Waals surface area contributed by atoms with E-state index in [1.54, 1.807) is 0 Å². The Labute approximate surface area is 94.2 Å². The van der Waals surface area contributed by atoms with Gasteiger partial charge in [0.25, 0.3) is 0 Å². The van der Waals surface area contributed by atoms with Crippen LogP contribution >= 0.6 is 8.58 Å². The van der Waals surface area contributed by atoms with Crippen LogP contribution in [0.5, 0.6) is 0 Å². The van der Waals surface area contributed by atoms with E-state index in [0.29, 0.717) is 8.58 Å². The largest absolute Gasteiger partial charge is 0.0984 e. The molecule has 0 aromatic heterocycles. The van der Waals surface area contributed by atoms with Crippen molar-refractivity contribution < 1.29 is 0 Å². The Morgan fingerprint density at radius 3 is 2.47 bits per heavy atom. The summed E-state index contributed by atoms with van der Waals surface area (Å²) in [6.07, 6.45) is 6.25. The third kappa shape index (κ3) is 4.27. The Hall–Kier alpha value is -1.13. The summed E-state index contributed by atoms with van der Waals surface area (Å²) in [6.45, 7) is 8.02. The second kappa shape index (κ2) is 6.37. The van der Waals surface area contributed by atoms with Crippen molar-refractivity contribution in [1.29, 1.82) is 0 Å². The van der Waals surface area contributed by atoms with Crippen molar-refractivity contribution in [1.82, 2.24) is 0 Å². The second-order valence-electron chi connectivity index (χ2n) is 3.33. The molecule has 0 saturated heterocycles. The molecule has 0 radical (unpaired) electrons. The lowest BCUT2D eigenvalue weighted by Gasteiger charge is -2.03. The minimum atomic E-state index is 0.694. The average Bonchev–Trinajstić information content (AvgIpc) is 2.29. The molecule has 0 fully saturated rings. The zero-order valence-electron chi connectivity index (χ0n) is 9.33. The molecular weight excluding hydrogens is 199 g/mol. The molecule has 0 aliphatic heterocycles. The van der Waals surface area contributed by atoms with Gasteiger partial charge in [-0.3, -0.25) is 0 Å². The standard InChI is InChI=1S/C14H17P/c1-4-12(3)11-13(5-2)15-14-9-7-6-8-10-14/h4-11,15H,2H2,1,3H3/b12-4-,13-11+. The molecule has 1 unspecified atom stereocenters. The smallest absolute Gasteiger partial charge is 0.0226 e. The van der Waals surface area contributed by atoms with Gasteiger partial charge in [0.1, 0.15) is 0 Å². The molecule has 0 bridgehead atoms. The SMILES string of the molecule is C=C/C(=C\C(C)=C/C)Pc1ccccc1. The van der Waals surface area contributed by atoms with Crippen molar-refractivity contribution in [3.8, 4) is 0 Å². The van der Waals surface area contributed by atoms with Gasteiger partial charge in [0.05, 0.1) is 0 Å². The Kier molecular flexibility index (Phi) is 5.07. The minimum Gasteiger partial charge on any atom is -0.0984 e. The summed E-state index contributed by atoms with van der Waals surface area (Å²) in [7, 11) is 0.694. The van der Waals surface area contributed by atoms with Gasteiger partial charge in [0.2, 0.25) is 0 Å². The summed E-state index contributed by atoms with van der Waals surface area (Å²) in [5.41, 5.74) is 1.29. The van der Waals surface area contributed by atoms with Crippen molar-refractivity contribution in [3.63, 3.8) is 0 Å². The molecule has 0 amide bonds. The summed E-state index contributed by atoms with van der Waals surface area (Å²) >= 11 is 0. The first kappa shape index (κ1) is 11.9. The highest BCUT2D eigenvalue weighted by molar-refractivity contribution is 7.52. The highest BCUT2D eigenvalue weighted by atomic mass is 31.1. The molecular formula is C14H17P. The van der Waals surface area contributed by atoms with Crippen LogP contribution in [-0.4, -0.2) is 0 Å². The van der Waals surface area contributed by atoms with Crippen molar-refractivity contribution in [3.05, 3.63) is 66.0 Å². The highest BCUT2D eigenvalue weighted by Crippen LogP contribution is 2.24. The maximum absolute atomic E-state index is 3.86. The molecule has 0 saturated carbocycles. The number of rotatable bonds is 4. The van der Waals surface area contributed by atoms with Gasteiger partial charge in [-0.2, -0.15) is 0 Å². The summed E-state index contributed by atoms with van der Waals surface area (Å²) in [5, 5.41) is 2.64. The van der Waals surface area contributed by atoms with E-state index >= 15 is 0 Å². The zero-order chi connectivity index (χ0) is 11.1. The third-order valence-corrected chi connectivity index (χ3v) is 3.38. The molecule has 1 aromatic carbocycles. The third-order valence-electron chi connectivity index (χ3n) is 2.12. The van der Waals surface area contributed by atoms with Gasteiger partial charge < -0.3 is 0 Å².